The number of rotatable bonds is 3. The Bertz CT molecular complexity index is 992. The smallest absolute Gasteiger partial charge is 0.258 e. The Hall–Kier alpha value is -1.85. The largest absolute Gasteiger partial charge is 0.296 e. The minimum atomic E-state index is -0.494. The number of aromatic nitrogens is 1. The molecule has 0 spiro atoms. The van der Waals surface area contributed by atoms with E-state index < -0.39 is 4.92 Å². The van der Waals surface area contributed by atoms with Crippen LogP contribution in [0.15, 0.2) is 48.7 Å². The van der Waals surface area contributed by atoms with Crippen LogP contribution in [0.1, 0.15) is 0 Å². The molecule has 126 valence electrons. The van der Waals surface area contributed by atoms with Crippen molar-refractivity contribution in [1.82, 2.24) is 4.98 Å². The van der Waals surface area contributed by atoms with Crippen LogP contribution in [0, 0.1) is 10.1 Å². The summed E-state index contributed by atoms with van der Waals surface area (Å²) in [6.07, 6.45) is 1.53. The van der Waals surface area contributed by atoms with Gasteiger partial charge in [-0.05, 0) is 29.8 Å². The average molecular weight is 414 g/mol. The summed E-state index contributed by atoms with van der Waals surface area (Å²) in [6.45, 7) is 0. The van der Waals surface area contributed by atoms with E-state index in [4.69, 9.17) is 46.4 Å². The van der Waals surface area contributed by atoms with Gasteiger partial charge in [0.15, 0.2) is 0 Å². The number of halogens is 4. The standard InChI is InChI=1S/C17H8Cl4N2O2/c18-12-3-1-9(5-14(12)20)11-7-16(23(24)25)17(22-8-11)10-2-4-13(19)15(21)6-10/h1-8H. The summed E-state index contributed by atoms with van der Waals surface area (Å²) in [5.74, 6) is 0. The van der Waals surface area contributed by atoms with E-state index in [0.717, 1.165) is 0 Å². The number of nitrogens with zero attached hydrogens (tertiary/aromatic N) is 2. The molecule has 3 rings (SSSR count). The third kappa shape index (κ3) is 3.72. The fourth-order valence-corrected chi connectivity index (χ4v) is 2.89. The normalized spacial score (nSPS) is 10.7. The van der Waals surface area contributed by atoms with Gasteiger partial charge in [0.1, 0.15) is 5.69 Å². The Morgan fingerprint density at radius 2 is 1.32 bits per heavy atom. The molecular formula is C17H8Cl4N2O2. The summed E-state index contributed by atoms with van der Waals surface area (Å²) >= 11 is 23.8. The highest BCUT2D eigenvalue weighted by molar-refractivity contribution is 6.42. The molecule has 8 heteroatoms. The number of benzene rings is 2. The molecule has 0 saturated carbocycles. The van der Waals surface area contributed by atoms with Gasteiger partial charge in [-0.15, -0.1) is 0 Å². The van der Waals surface area contributed by atoms with E-state index in [-0.39, 0.29) is 11.4 Å². The second-order valence-corrected chi connectivity index (χ2v) is 6.74. The molecule has 0 radical (unpaired) electrons. The highest BCUT2D eigenvalue weighted by Gasteiger charge is 2.19. The van der Waals surface area contributed by atoms with Gasteiger partial charge in [0.25, 0.3) is 5.69 Å². The van der Waals surface area contributed by atoms with E-state index in [1.54, 1.807) is 30.3 Å². The molecule has 2 aromatic carbocycles. The minimum Gasteiger partial charge on any atom is -0.258 e. The van der Waals surface area contributed by atoms with Crippen LogP contribution in [0.4, 0.5) is 5.69 Å². The first-order chi connectivity index (χ1) is 11.9. The van der Waals surface area contributed by atoms with Gasteiger partial charge in [0, 0.05) is 23.4 Å². The van der Waals surface area contributed by atoms with E-state index in [9.17, 15) is 10.1 Å². The van der Waals surface area contributed by atoms with Crippen molar-refractivity contribution in [1.29, 1.82) is 0 Å². The summed E-state index contributed by atoms with van der Waals surface area (Å²) in [5.41, 5.74) is 1.77. The Labute approximate surface area is 163 Å². The number of nitro groups is 1. The van der Waals surface area contributed by atoms with Crippen LogP contribution in [0.2, 0.25) is 20.1 Å². The van der Waals surface area contributed by atoms with E-state index >= 15 is 0 Å². The lowest BCUT2D eigenvalue weighted by atomic mass is 10.0. The predicted molar refractivity (Wildman–Crippen MR) is 102 cm³/mol. The molecule has 25 heavy (non-hydrogen) atoms. The topological polar surface area (TPSA) is 56.0 Å². The summed E-state index contributed by atoms with van der Waals surface area (Å²) in [7, 11) is 0. The molecule has 1 aromatic heterocycles. The van der Waals surface area contributed by atoms with Crippen LogP contribution >= 0.6 is 46.4 Å². The number of hydrogen-bond donors (Lipinski definition) is 0. The zero-order valence-electron chi connectivity index (χ0n) is 12.3. The van der Waals surface area contributed by atoms with Crippen molar-refractivity contribution in [2.24, 2.45) is 0 Å². The number of hydrogen-bond acceptors (Lipinski definition) is 3. The van der Waals surface area contributed by atoms with Crippen LogP contribution in [0.25, 0.3) is 22.4 Å². The second-order valence-electron chi connectivity index (χ2n) is 5.11. The van der Waals surface area contributed by atoms with Crippen molar-refractivity contribution in [3.8, 4) is 22.4 Å². The lowest BCUT2D eigenvalue weighted by Crippen LogP contribution is -1.96. The Balaban J connectivity index is 2.14. The van der Waals surface area contributed by atoms with Gasteiger partial charge in [-0.25, -0.2) is 4.98 Å². The maximum atomic E-state index is 11.5. The summed E-state index contributed by atoms with van der Waals surface area (Å²) in [4.78, 5) is 15.3. The van der Waals surface area contributed by atoms with Gasteiger partial charge >= 0.3 is 0 Å². The van der Waals surface area contributed by atoms with Crippen molar-refractivity contribution >= 4 is 52.1 Å². The monoisotopic (exact) mass is 412 g/mol. The Morgan fingerprint density at radius 1 is 0.760 bits per heavy atom. The molecule has 0 aliphatic heterocycles. The third-order valence-electron chi connectivity index (χ3n) is 3.51. The van der Waals surface area contributed by atoms with Gasteiger partial charge < -0.3 is 0 Å². The number of pyridine rings is 1. The molecule has 1 heterocycles. The molecule has 0 atom stereocenters. The van der Waals surface area contributed by atoms with E-state index in [1.807, 2.05) is 0 Å². The molecule has 3 aromatic rings. The predicted octanol–water partition coefficient (Wildman–Crippen LogP) is 6.94. The van der Waals surface area contributed by atoms with Gasteiger partial charge in [-0.2, -0.15) is 0 Å². The van der Waals surface area contributed by atoms with Crippen LogP contribution < -0.4 is 0 Å². The molecule has 0 bridgehead atoms. The lowest BCUT2D eigenvalue weighted by Gasteiger charge is -2.07. The zero-order chi connectivity index (χ0) is 18.1. The quantitative estimate of drug-likeness (QED) is 0.345. The van der Waals surface area contributed by atoms with Gasteiger partial charge in [-0.3, -0.25) is 10.1 Å². The Kier molecular flexibility index (Phi) is 5.16. The fraction of sp³-hybridized carbons (Fsp3) is 0. The summed E-state index contributed by atoms with van der Waals surface area (Å²) < 4.78 is 0. The first kappa shape index (κ1) is 18.0. The first-order valence-electron chi connectivity index (χ1n) is 6.92. The van der Waals surface area contributed by atoms with Crippen molar-refractivity contribution in [3.63, 3.8) is 0 Å². The highest BCUT2D eigenvalue weighted by Crippen LogP contribution is 2.36. The maximum absolute atomic E-state index is 11.5. The highest BCUT2D eigenvalue weighted by atomic mass is 35.5. The molecule has 0 N–H and O–H groups in total. The SMILES string of the molecule is O=[N+]([O-])c1cc(-c2ccc(Cl)c(Cl)c2)cnc1-c1ccc(Cl)c(Cl)c1. The third-order valence-corrected chi connectivity index (χ3v) is 4.99. The minimum absolute atomic E-state index is 0.151. The molecule has 0 fully saturated rings. The van der Waals surface area contributed by atoms with Crippen LogP contribution in [-0.4, -0.2) is 9.91 Å². The van der Waals surface area contributed by atoms with Crippen LogP contribution in [0.3, 0.4) is 0 Å². The van der Waals surface area contributed by atoms with E-state index in [1.165, 1.54) is 18.3 Å². The fourth-order valence-electron chi connectivity index (χ4n) is 2.29. The van der Waals surface area contributed by atoms with Crippen LogP contribution in [-0.2, 0) is 0 Å². The van der Waals surface area contributed by atoms with Gasteiger partial charge in [0.2, 0.25) is 0 Å². The molecule has 4 nitrogen and oxygen atoms in total. The van der Waals surface area contributed by atoms with Gasteiger partial charge in [-0.1, -0.05) is 58.5 Å². The molecule has 0 saturated heterocycles. The molecule has 0 aliphatic rings. The second kappa shape index (κ2) is 7.18. The molecule has 0 amide bonds. The van der Waals surface area contributed by atoms with Crippen molar-refractivity contribution in [3.05, 3.63) is 78.9 Å². The average Bonchev–Trinajstić information content (AvgIpc) is 2.59. The van der Waals surface area contributed by atoms with E-state index in [0.29, 0.717) is 36.8 Å². The van der Waals surface area contributed by atoms with E-state index in [2.05, 4.69) is 4.98 Å². The van der Waals surface area contributed by atoms with Crippen molar-refractivity contribution in [2.45, 2.75) is 0 Å². The molecule has 0 aliphatic carbocycles. The zero-order valence-corrected chi connectivity index (χ0v) is 15.4. The Morgan fingerprint density at radius 3 is 1.88 bits per heavy atom. The first-order valence-corrected chi connectivity index (χ1v) is 8.43. The van der Waals surface area contributed by atoms with Gasteiger partial charge in [0.05, 0.1) is 25.0 Å². The van der Waals surface area contributed by atoms with Crippen molar-refractivity contribution < 1.29 is 4.92 Å². The van der Waals surface area contributed by atoms with Crippen LogP contribution in [0.5, 0.6) is 0 Å². The maximum Gasteiger partial charge on any atom is 0.296 e. The van der Waals surface area contributed by atoms with Crippen molar-refractivity contribution in [2.75, 3.05) is 0 Å². The summed E-state index contributed by atoms with van der Waals surface area (Å²) in [5, 5.41) is 12.9. The lowest BCUT2D eigenvalue weighted by molar-refractivity contribution is -0.384. The molecular weight excluding hydrogens is 406 g/mol. The summed E-state index contributed by atoms with van der Waals surface area (Å²) in [6, 6.07) is 11.1. The molecule has 0 unspecified atom stereocenters.